The summed E-state index contributed by atoms with van der Waals surface area (Å²) in [7, 11) is 0. The van der Waals surface area contributed by atoms with Crippen molar-refractivity contribution in [3.8, 4) is 0 Å². The smallest absolute Gasteiger partial charge is 0.444 e. The predicted octanol–water partition coefficient (Wildman–Crippen LogP) is 3.35. The number of halogens is 3. The molecule has 0 spiro atoms. The molecule has 0 aromatic heterocycles. The topological polar surface area (TPSA) is 102 Å². The molecule has 1 aliphatic rings. The van der Waals surface area contributed by atoms with Crippen LogP contribution in [0.25, 0.3) is 0 Å². The van der Waals surface area contributed by atoms with Crippen LogP contribution in [0.5, 0.6) is 0 Å². The molecule has 0 unspecified atom stereocenters. The molecule has 0 saturated heterocycles. The number of ketones is 2. The van der Waals surface area contributed by atoms with Gasteiger partial charge in [0.05, 0.1) is 0 Å². The van der Waals surface area contributed by atoms with Gasteiger partial charge in [0, 0.05) is 35.4 Å². The van der Waals surface area contributed by atoms with Crippen LogP contribution in [-0.2, 0) is 9.53 Å². The average molecular weight is 440 g/mol. The number of benzene rings is 1. The van der Waals surface area contributed by atoms with Gasteiger partial charge in [-0.05, 0) is 33.6 Å². The summed E-state index contributed by atoms with van der Waals surface area (Å²) in [6.07, 6.45) is -6.04. The Balaban J connectivity index is 2.19. The number of hydrogen-bond acceptors (Lipinski definition) is 5. The van der Waals surface area contributed by atoms with Gasteiger partial charge in [0.1, 0.15) is 5.60 Å². The van der Waals surface area contributed by atoms with Crippen LogP contribution in [0.15, 0.2) is 35.4 Å². The van der Waals surface area contributed by atoms with Gasteiger partial charge < -0.3 is 15.4 Å². The number of alkyl carbamates (subject to hydrolysis) is 1. The molecule has 168 valence electrons. The Morgan fingerprint density at radius 2 is 1.32 bits per heavy atom. The van der Waals surface area contributed by atoms with Crippen molar-refractivity contribution in [3.05, 3.63) is 46.5 Å². The zero-order valence-electron chi connectivity index (χ0n) is 17.3. The van der Waals surface area contributed by atoms with Crippen molar-refractivity contribution in [2.24, 2.45) is 0 Å². The average Bonchev–Trinajstić information content (AvgIpc) is 2.65. The third-order valence-corrected chi connectivity index (χ3v) is 4.29. The minimum absolute atomic E-state index is 0.0113. The molecule has 0 heterocycles. The Labute approximate surface area is 177 Å². The van der Waals surface area contributed by atoms with Crippen LogP contribution in [-0.4, -0.2) is 48.4 Å². The first-order valence-corrected chi connectivity index (χ1v) is 9.53. The Morgan fingerprint density at radius 3 is 1.74 bits per heavy atom. The number of carbonyl (C=O) groups excluding carboxylic acids is 4. The minimum atomic E-state index is -5.05. The molecule has 0 atom stereocenters. The van der Waals surface area contributed by atoms with E-state index < -0.39 is 41.9 Å². The van der Waals surface area contributed by atoms with Crippen LogP contribution in [0.2, 0.25) is 0 Å². The number of Topliss-reactive ketones (excluding diaryl/α,β-unsaturated/α-hetero) is 2. The Hall–Kier alpha value is -3.17. The molecule has 31 heavy (non-hydrogen) atoms. The van der Waals surface area contributed by atoms with E-state index in [1.165, 1.54) is 12.1 Å². The van der Waals surface area contributed by atoms with Crippen LogP contribution in [0.4, 0.5) is 18.0 Å². The second-order valence-electron chi connectivity index (χ2n) is 7.84. The number of nitrogens with one attached hydrogen (secondary N) is 2. The second-order valence-corrected chi connectivity index (χ2v) is 7.84. The molecule has 0 aliphatic heterocycles. The molecule has 2 amide bonds. The normalized spacial score (nSPS) is 14.3. The van der Waals surface area contributed by atoms with Crippen molar-refractivity contribution < 1.29 is 37.1 Å². The second kappa shape index (κ2) is 9.32. The quantitative estimate of drug-likeness (QED) is 0.707. The van der Waals surface area contributed by atoms with Gasteiger partial charge in [0.25, 0.3) is 0 Å². The number of hydrogen-bond donors (Lipinski definition) is 2. The summed E-state index contributed by atoms with van der Waals surface area (Å²) >= 11 is 0. The molecular formula is C21H23F3N2O5. The zero-order chi connectivity index (χ0) is 23.4. The molecule has 0 radical (unpaired) electrons. The Bertz CT molecular complexity index is 930. The highest BCUT2D eigenvalue weighted by atomic mass is 19.4. The number of ether oxygens (including phenoxy) is 1. The molecule has 2 N–H and O–H groups in total. The fourth-order valence-corrected chi connectivity index (χ4v) is 3.01. The van der Waals surface area contributed by atoms with E-state index in [4.69, 9.17) is 4.74 Å². The standard InChI is InChI=1S/C21H23F3N2O5/c1-20(2,3)31-19(30)26-11-9-15-14(8-10-25-18(29)21(22,23)24)16(27)12-6-4-5-7-13(12)17(15)28/h4-7H,8-11H2,1-3H3,(H,25,29)(H,26,30). The van der Waals surface area contributed by atoms with Gasteiger partial charge in [-0.1, -0.05) is 24.3 Å². The van der Waals surface area contributed by atoms with Crippen LogP contribution < -0.4 is 10.6 Å². The molecule has 0 bridgehead atoms. The fourth-order valence-electron chi connectivity index (χ4n) is 3.01. The van der Waals surface area contributed by atoms with Crippen molar-refractivity contribution >= 4 is 23.6 Å². The van der Waals surface area contributed by atoms with Gasteiger partial charge >= 0.3 is 18.2 Å². The third kappa shape index (κ3) is 6.40. The van der Waals surface area contributed by atoms with Crippen molar-refractivity contribution in [2.45, 2.75) is 45.4 Å². The van der Waals surface area contributed by atoms with E-state index in [9.17, 15) is 32.3 Å². The summed E-state index contributed by atoms with van der Waals surface area (Å²) in [4.78, 5) is 48.6. The molecule has 7 nitrogen and oxygen atoms in total. The lowest BCUT2D eigenvalue weighted by atomic mass is 9.81. The highest BCUT2D eigenvalue weighted by Crippen LogP contribution is 2.29. The summed E-state index contributed by atoms with van der Waals surface area (Å²) in [5.41, 5.74) is -0.296. The lowest BCUT2D eigenvalue weighted by Crippen LogP contribution is -2.38. The summed E-state index contributed by atoms with van der Waals surface area (Å²) in [6, 6.07) is 6.11. The summed E-state index contributed by atoms with van der Waals surface area (Å²) in [6.45, 7) is 4.55. The maximum Gasteiger partial charge on any atom is 0.471 e. The first-order valence-electron chi connectivity index (χ1n) is 9.53. The Morgan fingerprint density at radius 1 is 0.871 bits per heavy atom. The summed E-state index contributed by atoms with van der Waals surface area (Å²) in [5, 5.41) is 4.18. The van der Waals surface area contributed by atoms with Gasteiger partial charge in [0.15, 0.2) is 11.6 Å². The van der Waals surface area contributed by atoms with Gasteiger partial charge in [-0.3, -0.25) is 14.4 Å². The number of rotatable bonds is 6. The van der Waals surface area contributed by atoms with E-state index in [1.54, 1.807) is 38.2 Å². The molecule has 1 aromatic carbocycles. The highest BCUT2D eigenvalue weighted by molar-refractivity contribution is 6.26. The van der Waals surface area contributed by atoms with Crippen LogP contribution in [0, 0.1) is 0 Å². The lowest BCUT2D eigenvalue weighted by Gasteiger charge is -2.22. The molecule has 10 heteroatoms. The number of carbonyl (C=O) groups is 4. The van der Waals surface area contributed by atoms with E-state index in [2.05, 4.69) is 5.32 Å². The maximum atomic E-state index is 12.9. The van der Waals surface area contributed by atoms with Gasteiger partial charge in [0.2, 0.25) is 0 Å². The van der Waals surface area contributed by atoms with Gasteiger partial charge in [-0.25, -0.2) is 4.79 Å². The molecule has 1 aromatic rings. The molecule has 0 fully saturated rings. The van der Waals surface area contributed by atoms with E-state index in [0.717, 1.165) is 0 Å². The van der Waals surface area contributed by atoms with E-state index in [-0.39, 0.29) is 41.7 Å². The predicted molar refractivity (Wildman–Crippen MR) is 105 cm³/mol. The molecule has 1 aliphatic carbocycles. The minimum Gasteiger partial charge on any atom is -0.444 e. The van der Waals surface area contributed by atoms with Gasteiger partial charge in [-0.2, -0.15) is 13.2 Å². The molecule has 2 rings (SSSR count). The van der Waals surface area contributed by atoms with Crippen LogP contribution >= 0.6 is 0 Å². The van der Waals surface area contributed by atoms with Crippen LogP contribution in [0.3, 0.4) is 0 Å². The fraction of sp³-hybridized carbons (Fsp3) is 0.429. The van der Waals surface area contributed by atoms with Crippen molar-refractivity contribution in [1.82, 2.24) is 10.6 Å². The van der Waals surface area contributed by atoms with E-state index in [0.29, 0.717) is 0 Å². The SMILES string of the molecule is CC(C)(C)OC(=O)NCCC1=C(CCNC(=O)C(F)(F)F)C(=O)c2ccccc2C1=O. The van der Waals surface area contributed by atoms with Crippen molar-refractivity contribution in [3.63, 3.8) is 0 Å². The molecular weight excluding hydrogens is 417 g/mol. The maximum absolute atomic E-state index is 12.9. The lowest BCUT2D eigenvalue weighted by molar-refractivity contribution is -0.173. The van der Waals surface area contributed by atoms with Crippen molar-refractivity contribution in [2.75, 3.05) is 13.1 Å². The highest BCUT2D eigenvalue weighted by Gasteiger charge is 2.38. The number of amides is 2. The summed E-state index contributed by atoms with van der Waals surface area (Å²) in [5.74, 6) is -3.07. The molecule has 0 saturated carbocycles. The first kappa shape index (κ1) is 24.1. The van der Waals surface area contributed by atoms with Gasteiger partial charge in [-0.15, -0.1) is 0 Å². The summed E-state index contributed by atoms with van der Waals surface area (Å²) < 4.78 is 42.3. The zero-order valence-corrected chi connectivity index (χ0v) is 17.3. The largest absolute Gasteiger partial charge is 0.471 e. The van der Waals surface area contributed by atoms with E-state index in [1.807, 2.05) is 0 Å². The Kier molecular flexibility index (Phi) is 7.24. The van der Waals surface area contributed by atoms with Crippen molar-refractivity contribution in [1.29, 1.82) is 0 Å². The number of alkyl halides is 3. The first-order chi connectivity index (χ1) is 14.3. The number of fused-ring (bicyclic) bond motifs is 1. The van der Waals surface area contributed by atoms with Crippen LogP contribution in [0.1, 0.15) is 54.3 Å². The third-order valence-electron chi connectivity index (χ3n) is 4.29. The van der Waals surface area contributed by atoms with E-state index >= 15 is 0 Å². The monoisotopic (exact) mass is 440 g/mol.